The van der Waals surface area contributed by atoms with Crippen LogP contribution in [-0.2, 0) is 16.4 Å². The summed E-state index contributed by atoms with van der Waals surface area (Å²) in [7, 11) is -3.35. The molecule has 1 aliphatic carbocycles. The summed E-state index contributed by atoms with van der Waals surface area (Å²) in [6.07, 6.45) is 4.96. The molecule has 102 valence electrons. The van der Waals surface area contributed by atoms with E-state index in [0.29, 0.717) is 17.3 Å². The van der Waals surface area contributed by atoms with E-state index in [1.165, 1.54) is 11.3 Å². The second-order valence-corrected chi connectivity index (χ2v) is 8.91. The van der Waals surface area contributed by atoms with E-state index in [0.717, 1.165) is 24.1 Å². The van der Waals surface area contributed by atoms with Crippen LogP contribution in [0.15, 0.2) is 16.3 Å². The van der Waals surface area contributed by atoms with Gasteiger partial charge in [0, 0.05) is 16.2 Å². The fourth-order valence-corrected chi connectivity index (χ4v) is 5.03. The van der Waals surface area contributed by atoms with Crippen LogP contribution < -0.4 is 10.5 Å². The molecule has 1 heterocycles. The molecule has 7 heteroatoms. The van der Waals surface area contributed by atoms with Crippen molar-refractivity contribution in [1.82, 2.24) is 4.72 Å². The Morgan fingerprint density at radius 3 is 2.78 bits per heavy atom. The number of hydrogen-bond acceptors (Lipinski definition) is 5. The molecule has 0 bridgehead atoms. The van der Waals surface area contributed by atoms with E-state index < -0.39 is 10.0 Å². The van der Waals surface area contributed by atoms with Gasteiger partial charge >= 0.3 is 0 Å². The third kappa shape index (κ3) is 3.27. The van der Waals surface area contributed by atoms with Gasteiger partial charge < -0.3 is 5.73 Å². The van der Waals surface area contributed by atoms with Crippen molar-refractivity contribution in [2.75, 3.05) is 19.3 Å². The van der Waals surface area contributed by atoms with Crippen molar-refractivity contribution >= 4 is 33.1 Å². The molecule has 1 saturated carbocycles. The molecule has 0 amide bonds. The lowest BCUT2D eigenvalue weighted by atomic mass is 10.3. The van der Waals surface area contributed by atoms with Crippen LogP contribution >= 0.6 is 23.1 Å². The molecule has 1 aliphatic rings. The van der Waals surface area contributed by atoms with Crippen molar-refractivity contribution in [1.29, 1.82) is 0 Å². The highest BCUT2D eigenvalue weighted by molar-refractivity contribution is 8.00. The van der Waals surface area contributed by atoms with Crippen molar-refractivity contribution in [2.24, 2.45) is 5.73 Å². The van der Waals surface area contributed by atoms with E-state index in [1.807, 2.05) is 12.3 Å². The summed E-state index contributed by atoms with van der Waals surface area (Å²) in [5.41, 5.74) is 5.46. The Labute approximate surface area is 116 Å². The minimum absolute atomic E-state index is 0.143. The first-order valence-corrected chi connectivity index (χ1v) is 9.37. The van der Waals surface area contributed by atoms with Crippen molar-refractivity contribution < 1.29 is 8.42 Å². The second-order valence-electron chi connectivity index (χ2n) is 4.47. The normalized spacial score (nSPS) is 17.9. The van der Waals surface area contributed by atoms with Crippen LogP contribution in [0.4, 0.5) is 0 Å². The number of hydrogen-bond donors (Lipinski definition) is 2. The van der Waals surface area contributed by atoms with Gasteiger partial charge in [-0.15, -0.1) is 11.3 Å². The standard InChI is InChI=1S/C11H18N2O2S3/c1-16-11(5-6-11)8-13-18(14,15)10-3-2-9(17-10)4-7-12/h2-3,13H,4-8,12H2,1H3. The minimum Gasteiger partial charge on any atom is -0.330 e. The molecule has 0 atom stereocenters. The highest BCUT2D eigenvalue weighted by atomic mass is 32.2. The van der Waals surface area contributed by atoms with Crippen molar-refractivity contribution in [3.05, 3.63) is 17.0 Å². The topological polar surface area (TPSA) is 72.2 Å². The van der Waals surface area contributed by atoms with Crippen LogP contribution in [0, 0.1) is 0 Å². The van der Waals surface area contributed by atoms with E-state index >= 15 is 0 Å². The largest absolute Gasteiger partial charge is 0.330 e. The molecule has 0 spiro atoms. The first-order chi connectivity index (χ1) is 8.51. The lowest BCUT2D eigenvalue weighted by Gasteiger charge is -2.12. The van der Waals surface area contributed by atoms with Gasteiger partial charge in [-0.3, -0.25) is 0 Å². The molecule has 3 N–H and O–H groups in total. The summed E-state index contributed by atoms with van der Waals surface area (Å²) in [6.45, 7) is 1.07. The van der Waals surface area contributed by atoms with Crippen molar-refractivity contribution in [3.8, 4) is 0 Å². The van der Waals surface area contributed by atoms with Gasteiger partial charge in [-0.2, -0.15) is 11.8 Å². The highest BCUT2D eigenvalue weighted by Crippen LogP contribution is 2.46. The van der Waals surface area contributed by atoms with Gasteiger partial charge in [-0.25, -0.2) is 13.1 Å². The number of nitrogens with one attached hydrogen (secondary N) is 1. The Bertz CT molecular complexity index is 506. The Morgan fingerprint density at radius 1 is 1.50 bits per heavy atom. The number of sulfonamides is 1. The molecule has 0 saturated heterocycles. The Kier molecular flexibility index (Phi) is 4.38. The number of rotatable bonds is 7. The first-order valence-electron chi connectivity index (χ1n) is 5.85. The number of thioether (sulfide) groups is 1. The lowest BCUT2D eigenvalue weighted by molar-refractivity contribution is 0.582. The van der Waals surface area contributed by atoms with Crippen molar-refractivity contribution in [3.63, 3.8) is 0 Å². The van der Waals surface area contributed by atoms with Gasteiger partial charge in [0.05, 0.1) is 0 Å². The smallest absolute Gasteiger partial charge is 0.250 e. The molecule has 2 rings (SSSR count). The van der Waals surface area contributed by atoms with Gasteiger partial charge in [0.2, 0.25) is 10.0 Å². The van der Waals surface area contributed by atoms with E-state index in [1.54, 1.807) is 17.8 Å². The monoisotopic (exact) mass is 306 g/mol. The molecule has 0 unspecified atom stereocenters. The highest BCUT2D eigenvalue weighted by Gasteiger charge is 2.42. The van der Waals surface area contributed by atoms with Crippen LogP contribution in [0.25, 0.3) is 0 Å². The summed E-state index contributed by atoms with van der Waals surface area (Å²) in [5, 5.41) is 0. The quantitative estimate of drug-likeness (QED) is 0.799. The molecule has 18 heavy (non-hydrogen) atoms. The number of thiophene rings is 1. The molecule has 0 aromatic carbocycles. The molecular weight excluding hydrogens is 288 g/mol. The third-order valence-corrected chi connectivity index (χ3v) is 7.57. The zero-order valence-corrected chi connectivity index (χ0v) is 12.8. The summed E-state index contributed by atoms with van der Waals surface area (Å²) >= 11 is 3.05. The molecule has 0 radical (unpaired) electrons. The lowest BCUT2D eigenvalue weighted by Crippen LogP contribution is -2.31. The summed E-state index contributed by atoms with van der Waals surface area (Å²) < 4.78 is 27.4. The van der Waals surface area contributed by atoms with Gasteiger partial charge in [0.15, 0.2) is 0 Å². The zero-order chi connectivity index (χ0) is 13.2. The summed E-state index contributed by atoms with van der Waals surface area (Å²) in [4.78, 5) is 1.02. The minimum atomic E-state index is -3.35. The second kappa shape index (κ2) is 5.50. The molecular formula is C11H18N2O2S3. The van der Waals surface area contributed by atoms with E-state index in [9.17, 15) is 8.42 Å². The average Bonchev–Trinajstić information content (AvgIpc) is 2.98. The fourth-order valence-electron chi connectivity index (χ4n) is 1.67. The average molecular weight is 306 g/mol. The van der Waals surface area contributed by atoms with Crippen LogP contribution in [0.3, 0.4) is 0 Å². The maximum Gasteiger partial charge on any atom is 0.250 e. The molecule has 0 aliphatic heterocycles. The Balaban J connectivity index is 2.01. The Hall–Kier alpha value is -0.0800. The fraction of sp³-hybridized carbons (Fsp3) is 0.636. The van der Waals surface area contributed by atoms with Crippen molar-refractivity contribution in [2.45, 2.75) is 28.2 Å². The number of nitrogens with two attached hydrogens (primary N) is 1. The molecule has 1 aromatic rings. The summed E-state index contributed by atoms with van der Waals surface area (Å²) in [5.74, 6) is 0. The van der Waals surface area contributed by atoms with Crippen LogP contribution in [0.2, 0.25) is 0 Å². The SMILES string of the molecule is CSC1(CNS(=O)(=O)c2ccc(CCN)s2)CC1. The van der Waals surface area contributed by atoms with E-state index in [-0.39, 0.29) is 4.75 Å². The predicted octanol–water partition coefficient (Wildman–Crippen LogP) is 1.42. The maximum absolute atomic E-state index is 12.1. The maximum atomic E-state index is 12.1. The summed E-state index contributed by atoms with van der Waals surface area (Å²) in [6, 6.07) is 3.50. The van der Waals surface area contributed by atoms with Crippen LogP contribution in [-0.4, -0.2) is 32.5 Å². The van der Waals surface area contributed by atoms with Crippen LogP contribution in [0.5, 0.6) is 0 Å². The molecule has 1 fully saturated rings. The van der Waals surface area contributed by atoms with Gasteiger partial charge in [-0.05, 0) is 44.2 Å². The molecule has 4 nitrogen and oxygen atoms in total. The zero-order valence-electron chi connectivity index (χ0n) is 10.3. The van der Waals surface area contributed by atoms with Gasteiger partial charge in [-0.1, -0.05) is 0 Å². The van der Waals surface area contributed by atoms with E-state index in [2.05, 4.69) is 4.72 Å². The van der Waals surface area contributed by atoms with Gasteiger partial charge in [0.1, 0.15) is 4.21 Å². The molecule has 1 aromatic heterocycles. The van der Waals surface area contributed by atoms with E-state index in [4.69, 9.17) is 5.73 Å². The predicted molar refractivity (Wildman–Crippen MR) is 77.7 cm³/mol. The Morgan fingerprint density at radius 2 is 2.22 bits per heavy atom. The third-order valence-electron chi connectivity index (χ3n) is 3.12. The first kappa shape index (κ1) is 14.3. The van der Waals surface area contributed by atoms with Crippen LogP contribution in [0.1, 0.15) is 17.7 Å². The van der Waals surface area contributed by atoms with Gasteiger partial charge in [0.25, 0.3) is 0 Å².